The third kappa shape index (κ3) is 13.3. The highest BCUT2D eigenvalue weighted by Gasteiger charge is 2.22. The summed E-state index contributed by atoms with van der Waals surface area (Å²) in [5, 5.41) is 0. The number of carbonyl (C=O) groups excluding carboxylic acids is 4. The number of hydrogen-bond donors (Lipinski definition) is 1. The van der Waals surface area contributed by atoms with Gasteiger partial charge in [0.05, 0.1) is 5.92 Å². The summed E-state index contributed by atoms with van der Waals surface area (Å²) < 4.78 is 21.4. The van der Waals surface area contributed by atoms with Crippen LogP contribution in [0.4, 0.5) is 0 Å². The lowest BCUT2D eigenvalue weighted by molar-refractivity contribution is -0.160. The van der Waals surface area contributed by atoms with Crippen molar-refractivity contribution in [1.82, 2.24) is 0 Å². The van der Waals surface area contributed by atoms with Crippen LogP contribution in [0.15, 0.2) is 18.2 Å². The number of nitrogens with two attached hydrogens (primary N) is 1. The first-order valence-corrected chi connectivity index (χ1v) is 13.2. The number of carbonyl (C=O) groups is 4. The molecule has 0 unspecified atom stereocenters. The van der Waals surface area contributed by atoms with Gasteiger partial charge in [0, 0.05) is 12.8 Å². The van der Waals surface area contributed by atoms with Crippen molar-refractivity contribution in [2.75, 3.05) is 6.61 Å². The number of esters is 4. The van der Waals surface area contributed by atoms with E-state index in [1.807, 2.05) is 13.8 Å². The normalized spacial score (nSPS) is 12.5. The minimum absolute atomic E-state index is 0.0636. The van der Waals surface area contributed by atoms with Gasteiger partial charge >= 0.3 is 23.9 Å². The topological polar surface area (TPSA) is 131 Å². The minimum atomic E-state index is -1.00. The van der Waals surface area contributed by atoms with Crippen molar-refractivity contribution >= 4 is 23.9 Å². The van der Waals surface area contributed by atoms with Crippen molar-refractivity contribution in [3.05, 3.63) is 23.8 Å². The predicted molar refractivity (Wildman–Crippen MR) is 139 cm³/mol. The summed E-state index contributed by atoms with van der Waals surface area (Å²) in [7, 11) is 0. The molecule has 1 aromatic rings. The Bertz CT molecular complexity index is 883. The molecule has 0 aromatic heterocycles. The van der Waals surface area contributed by atoms with Gasteiger partial charge in [0.1, 0.15) is 18.8 Å². The minimum Gasteiger partial charge on any atom is -0.462 e. The fourth-order valence-corrected chi connectivity index (χ4v) is 3.25. The second kappa shape index (κ2) is 17.5. The Morgan fingerprint density at radius 1 is 0.811 bits per heavy atom. The smallest absolute Gasteiger partial charge is 0.323 e. The van der Waals surface area contributed by atoms with Gasteiger partial charge in [0.25, 0.3) is 0 Å². The zero-order chi connectivity index (χ0) is 27.8. The van der Waals surface area contributed by atoms with Crippen LogP contribution in [-0.4, -0.2) is 42.6 Å². The van der Waals surface area contributed by atoms with E-state index in [0.717, 1.165) is 25.7 Å². The van der Waals surface area contributed by atoms with E-state index in [9.17, 15) is 19.2 Å². The molecule has 0 fully saturated rings. The first kappa shape index (κ1) is 32.1. The van der Waals surface area contributed by atoms with Crippen molar-refractivity contribution in [3.8, 4) is 11.5 Å². The molecule has 2 atom stereocenters. The summed E-state index contributed by atoms with van der Waals surface area (Å²) in [6.07, 6.45) is 5.13. The lowest BCUT2D eigenvalue weighted by atomic mass is 10.1. The van der Waals surface area contributed by atoms with Gasteiger partial charge < -0.3 is 24.7 Å². The zero-order valence-corrected chi connectivity index (χ0v) is 22.9. The second-order valence-electron chi connectivity index (χ2n) is 9.49. The van der Waals surface area contributed by atoms with Gasteiger partial charge in [-0.15, -0.1) is 0 Å². The molecule has 0 saturated heterocycles. The first-order chi connectivity index (χ1) is 17.6. The number of unbranched alkanes of at least 4 members (excludes halogenated alkanes) is 4. The highest BCUT2D eigenvalue weighted by Crippen LogP contribution is 2.30. The highest BCUT2D eigenvalue weighted by molar-refractivity contribution is 5.77. The number of hydrogen-bond acceptors (Lipinski definition) is 9. The molecule has 0 spiro atoms. The summed E-state index contributed by atoms with van der Waals surface area (Å²) in [6.45, 7) is 9.06. The highest BCUT2D eigenvalue weighted by atomic mass is 16.6. The maximum Gasteiger partial charge on any atom is 0.323 e. The largest absolute Gasteiger partial charge is 0.462 e. The van der Waals surface area contributed by atoms with Crippen LogP contribution in [0.5, 0.6) is 11.5 Å². The Morgan fingerprint density at radius 3 is 1.92 bits per heavy atom. The quantitative estimate of drug-likeness (QED) is 0.177. The van der Waals surface area contributed by atoms with E-state index < -0.39 is 30.1 Å². The third-order valence-corrected chi connectivity index (χ3v) is 5.43. The molecule has 0 heterocycles. The number of benzene rings is 1. The number of ether oxygens (including phenoxy) is 4. The van der Waals surface area contributed by atoms with Gasteiger partial charge in [-0.1, -0.05) is 59.4 Å². The Labute approximate surface area is 220 Å². The summed E-state index contributed by atoms with van der Waals surface area (Å²) in [6, 6.07) is 3.74. The third-order valence-electron chi connectivity index (χ3n) is 5.43. The van der Waals surface area contributed by atoms with Crippen molar-refractivity contribution in [2.24, 2.45) is 11.7 Å². The Hall–Kier alpha value is -2.94. The molecule has 37 heavy (non-hydrogen) atoms. The Morgan fingerprint density at radius 2 is 1.38 bits per heavy atom. The van der Waals surface area contributed by atoms with E-state index in [0.29, 0.717) is 18.4 Å². The van der Waals surface area contributed by atoms with Crippen molar-refractivity contribution in [3.63, 3.8) is 0 Å². The van der Waals surface area contributed by atoms with Crippen LogP contribution in [0.25, 0.3) is 0 Å². The summed E-state index contributed by atoms with van der Waals surface area (Å²) in [4.78, 5) is 48.6. The fourth-order valence-electron chi connectivity index (χ4n) is 3.25. The van der Waals surface area contributed by atoms with Gasteiger partial charge in [-0.3, -0.25) is 19.2 Å². The summed E-state index contributed by atoms with van der Waals surface area (Å²) >= 11 is 0. The van der Waals surface area contributed by atoms with E-state index in [2.05, 4.69) is 0 Å². The molecule has 9 nitrogen and oxygen atoms in total. The predicted octanol–water partition coefficient (Wildman–Crippen LogP) is 4.66. The van der Waals surface area contributed by atoms with Gasteiger partial charge in [-0.25, -0.2) is 0 Å². The molecule has 208 valence electrons. The standard InChI is InChI=1S/C28H43NO8/c1-6-8-10-12-25(30)36-23-15-14-21(17-24(23)37-26(31)13-11-9-7-2)16-22(29)28(33)35-20(5)18-34-27(32)19(3)4/h14-15,17,19-20,22H,6-13,16,18,29H2,1-5H3/t20-,22-/m0/s1. The Balaban J connectivity index is 2.86. The molecule has 1 aromatic carbocycles. The van der Waals surface area contributed by atoms with E-state index in [1.165, 1.54) is 6.07 Å². The van der Waals surface area contributed by atoms with Crippen LogP contribution in [-0.2, 0) is 35.1 Å². The molecular formula is C28H43NO8. The zero-order valence-electron chi connectivity index (χ0n) is 22.9. The first-order valence-electron chi connectivity index (χ1n) is 13.2. The van der Waals surface area contributed by atoms with Crippen LogP contribution in [0.3, 0.4) is 0 Å². The average Bonchev–Trinajstić information content (AvgIpc) is 2.84. The molecule has 1 rings (SSSR count). The summed E-state index contributed by atoms with van der Waals surface area (Å²) in [5.74, 6) is -1.89. The van der Waals surface area contributed by atoms with Crippen LogP contribution in [0.2, 0.25) is 0 Å². The van der Waals surface area contributed by atoms with Crippen LogP contribution >= 0.6 is 0 Å². The van der Waals surface area contributed by atoms with E-state index in [4.69, 9.17) is 24.7 Å². The van der Waals surface area contributed by atoms with E-state index in [1.54, 1.807) is 32.9 Å². The lowest BCUT2D eigenvalue weighted by Crippen LogP contribution is -2.37. The molecule has 2 N–H and O–H groups in total. The molecule has 0 aliphatic carbocycles. The van der Waals surface area contributed by atoms with Crippen molar-refractivity contribution in [1.29, 1.82) is 0 Å². The van der Waals surface area contributed by atoms with Crippen molar-refractivity contribution in [2.45, 2.75) is 105 Å². The fraction of sp³-hybridized carbons (Fsp3) is 0.643. The van der Waals surface area contributed by atoms with Crippen LogP contribution in [0.1, 0.15) is 91.5 Å². The van der Waals surface area contributed by atoms with Gasteiger partial charge in [0.15, 0.2) is 11.5 Å². The molecule has 0 bridgehead atoms. The molecule has 0 radical (unpaired) electrons. The van der Waals surface area contributed by atoms with Gasteiger partial charge in [-0.2, -0.15) is 0 Å². The lowest BCUT2D eigenvalue weighted by Gasteiger charge is -2.18. The van der Waals surface area contributed by atoms with E-state index >= 15 is 0 Å². The van der Waals surface area contributed by atoms with Gasteiger partial charge in [0.2, 0.25) is 0 Å². The molecule has 0 saturated carbocycles. The SMILES string of the molecule is CCCCCC(=O)Oc1ccc(C[C@H](N)C(=O)O[C@@H](C)COC(=O)C(C)C)cc1OC(=O)CCCCC. The van der Waals surface area contributed by atoms with E-state index in [-0.39, 0.29) is 49.3 Å². The monoisotopic (exact) mass is 521 g/mol. The molecular weight excluding hydrogens is 478 g/mol. The summed E-state index contributed by atoms with van der Waals surface area (Å²) in [5.41, 5.74) is 6.65. The van der Waals surface area contributed by atoms with Crippen LogP contribution < -0.4 is 15.2 Å². The number of rotatable bonds is 17. The van der Waals surface area contributed by atoms with Gasteiger partial charge in [-0.05, 0) is 43.9 Å². The molecule has 0 aliphatic heterocycles. The van der Waals surface area contributed by atoms with Crippen molar-refractivity contribution < 1.29 is 38.1 Å². The molecule has 0 aliphatic rings. The van der Waals surface area contributed by atoms with Crippen LogP contribution in [0, 0.1) is 5.92 Å². The molecule has 9 heteroatoms. The maximum absolute atomic E-state index is 12.4. The maximum atomic E-state index is 12.4. The Kier molecular flexibility index (Phi) is 15.2. The second-order valence-corrected chi connectivity index (χ2v) is 9.49. The average molecular weight is 522 g/mol. The molecule has 0 amide bonds.